The molecule has 0 aromatic heterocycles. The molecule has 2 rings (SSSR count). The fourth-order valence-electron chi connectivity index (χ4n) is 2.54. The van der Waals surface area contributed by atoms with Crippen molar-refractivity contribution in [1.82, 2.24) is 0 Å². The van der Waals surface area contributed by atoms with Crippen LogP contribution in [0.3, 0.4) is 0 Å². The van der Waals surface area contributed by atoms with E-state index in [1.54, 1.807) is 24.3 Å². The van der Waals surface area contributed by atoms with E-state index >= 15 is 0 Å². The van der Waals surface area contributed by atoms with E-state index in [-0.39, 0.29) is 22.3 Å². The third-order valence-corrected chi connectivity index (χ3v) is 6.00. The Hall–Kier alpha value is -0.970. The molecule has 0 radical (unpaired) electrons. The van der Waals surface area contributed by atoms with Gasteiger partial charge in [0.2, 0.25) is 0 Å². The van der Waals surface area contributed by atoms with Gasteiger partial charge in [-0.15, -0.1) is 8.39 Å². The second kappa shape index (κ2) is 9.45. The predicted octanol–water partition coefficient (Wildman–Crippen LogP) is 7.57. The van der Waals surface area contributed by atoms with E-state index in [9.17, 15) is 8.39 Å². The van der Waals surface area contributed by atoms with Crippen LogP contribution in [0.1, 0.15) is 52.7 Å². The molecule has 0 heterocycles. The minimum absolute atomic E-state index is 0.191. The maximum atomic E-state index is 13.3. The van der Waals surface area contributed by atoms with Crippen molar-refractivity contribution in [3.8, 4) is 11.5 Å². The highest BCUT2D eigenvalue weighted by Crippen LogP contribution is 2.48. The molecule has 2 N–H and O–H groups in total. The Bertz CT molecular complexity index is 780. The molecule has 160 valence electrons. The first-order valence-corrected chi connectivity index (χ1v) is 11.9. The van der Waals surface area contributed by atoms with Crippen LogP contribution in [0, 0.1) is 0 Å². The highest BCUT2D eigenvalue weighted by Gasteiger charge is 2.22. The lowest BCUT2D eigenvalue weighted by molar-refractivity contribution is 0.427. The van der Waals surface area contributed by atoms with Crippen LogP contribution in [0.2, 0.25) is 0 Å². The summed E-state index contributed by atoms with van der Waals surface area (Å²) < 4.78 is 36.6. The van der Waals surface area contributed by atoms with Crippen LogP contribution in [0.15, 0.2) is 46.2 Å². The third kappa shape index (κ3) is 7.04. The second-order valence-electron chi connectivity index (χ2n) is 8.56. The summed E-state index contributed by atoms with van der Waals surface area (Å²) in [5.41, 5.74) is 1.44. The largest absolute Gasteiger partial charge is 0.436 e. The molecule has 0 saturated carbocycles. The number of rotatable bonds is 6. The molecule has 9 heteroatoms. The second-order valence-corrected chi connectivity index (χ2v) is 10.9. The molecule has 0 fully saturated rings. The Kier molecular flexibility index (Phi) is 7.92. The van der Waals surface area contributed by atoms with Crippen molar-refractivity contribution in [1.29, 1.82) is 0 Å². The average Bonchev–Trinajstić information content (AvgIpc) is 2.55. The van der Waals surface area contributed by atoms with E-state index in [0.717, 1.165) is 11.1 Å². The van der Waals surface area contributed by atoms with Gasteiger partial charge in [0.25, 0.3) is 0 Å². The molecule has 2 aromatic carbocycles. The summed E-state index contributed by atoms with van der Waals surface area (Å²) in [5, 5.41) is 0. The molecule has 29 heavy (non-hydrogen) atoms. The highest BCUT2D eigenvalue weighted by atomic mass is 32.2. The quantitative estimate of drug-likeness (QED) is 0.434. The van der Waals surface area contributed by atoms with Gasteiger partial charge in [-0.3, -0.25) is 0 Å². The van der Waals surface area contributed by atoms with Crippen LogP contribution in [0.25, 0.3) is 0 Å². The zero-order chi connectivity index (χ0) is 22.0. The fourth-order valence-corrected chi connectivity index (χ4v) is 4.20. The lowest BCUT2D eigenvalue weighted by Crippen LogP contribution is -2.11. The Morgan fingerprint density at radius 2 is 1.07 bits per heavy atom. The molecule has 0 amide bonds. The first kappa shape index (κ1) is 24.3. The normalized spacial score (nSPS) is 14.4. The molecule has 0 bridgehead atoms. The van der Waals surface area contributed by atoms with Gasteiger partial charge < -0.3 is 18.8 Å². The van der Waals surface area contributed by atoms with Crippen molar-refractivity contribution in [3.05, 3.63) is 47.5 Å². The van der Waals surface area contributed by atoms with E-state index in [2.05, 4.69) is 0 Å². The Labute approximate surface area is 177 Å². The molecule has 2 unspecified atom stereocenters. The molecule has 0 aliphatic carbocycles. The van der Waals surface area contributed by atoms with E-state index < -0.39 is 17.4 Å². The van der Waals surface area contributed by atoms with Crippen LogP contribution in [-0.2, 0) is 10.8 Å². The Morgan fingerprint density at radius 3 is 1.34 bits per heavy atom. The van der Waals surface area contributed by atoms with Crippen molar-refractivity contribution in [3.63, 3.8) is 0 Å². The van der Waals surface area contributed by atoms with E-state index in [4.69, 9.17) is 18.8 Å². The van der Waals surface area contributed by atoms with Gasteiger partial charge in [0.15, 0.2) is 0 Å². The first-order chi connectivity index (χ1) is 13.3. The maximum absolute atomic E-state index is 13.3. The molecular formula is C20H26F2O4P2S. The zero-order valence-corrected chi connectivity index (χ0v) is 19.8. The van der Waals surface area contributed by atoms with Gasteiger partial charge >= 0.3 is 17.4 Å². The minimum Gasteiger partial charge on any atom is -0.423 e. The van der Waals surface area contributed by atoms with E-state index in [1.807, 2.05) is 53.7 Å². The Balaban J connectivity index is 2.48. The maximum Gasteiger partial charge on any atom is 0.436 e. The SMILES string of the molecule is CC(C)(C)c1ccc(Sc2ccc(C(C)(C)C)cc2OP(O)F)c(OP(O)F)c1. The summed E-state index contributed by atoms with van der Waals surface area (Å²) in [7, 11) is -6.20. The van der Waals surface area contributed by atoms with E-state index in [1.165, 1.54) is 11.8 Å². The van der Waals surface area contributed by atoms with Gasteiger partial charge in [0, 0.05) is 0 Å². The number of halogens is 2. The standard InChI is InChI=1S/C20H26F2O4P2S/c1-19(2,3)13-7-9-17(15(11-13)25-27(21)23)29-18-10-8-14(20(4,5)6)12-16(18)26-28(22)24/h7-12,23-24H,1-6H3. The van der Waals surface area contributed by atoms with Crippen molar-refractivity contribution in [2.24, 2.45) is 0 Å². The van der Waals surface area contributed by atoms with Gasteiger partial charge in [0.05, 0.1) is 9.79 Å². The molecule has 2 atom stereocenters. The zero-order valence-electron chi connectivity index (χ0n) is 17.2. The van der Waals surface area contributed by atoms with Gasteiger partial charge in [-0.1, -0.05) is 65.4 Å². The van der Waals surface area contributed by atoms with Gasteiger partial charge in [-0.05, 0) is 46.2 Å². The molecule has 0 aliphatic heterocycles. The van der Waals surface area contributed by atoms with Crippen LogP contribution in [0.5, 0.6) is 11.5 Å². The van der Waals surface area contributed by atoms with E-state index in [0.29, 0.717) is 9.79 Å². The molecule has 0 aliphatic rings. The fraction of sp³-hybridized carbons (Fsp3) is 0.400. The van der Waals surface area contributed by atoms with Gasteiger partial charge in [-0.25, -0.2) is 0 Å². The smallest absolute Gasteiger partial charge is 0.423 e. The third-order valence-electron chi connectivity index (χ3n) is 4.19. The molecule has 4 nitrogen and oxygen atoms in total. The molecule has 2 aromatic rings. The topological polar surface area (TPSA) is 58.9 Å². The van der Waals surface area contributed by atoms with Crippen molar-refractivity contribution >= 4 is 29.1 Å². The van der Waals surface area contributed by atoms with Crippen molar-refractivity contribution in [2.45, 2.75) is 62.2 Å². The molecule has 0 saturated heterocycles. The summed E-state index contributed by atoms with van der Waals surface area (Å²) in [6.45, 7) is 12.1. The van der Waals surface area contributed by atoms with Crippen LogP contribution >= 0.6 is 29.1 Å². The highest BCUT2D eigenvalue weighted by molar-refractivity contribution is 7.99. The molecule has 0 spiro atoms. The summed E-state index contributed by atoms with van der Waals surface area (Å²) in [5.74, 6) is 0.381. The first-order valence-electron chi connectivity index (χ1n) is 8.90. The average molecular weight is 462 g/mol. The lowest BCUT2D eigenvalue weighted by atomic mass is 9.87. The monoisotopic (exact) mass is 462 g/mol. The summed E-state index contributed by atoms with van der Waals surface area (Å²) in [4.78, 5) is 19.4. The van der Waals surface area contributed by atoms with Crippen molar-refractivity contribution < 1.29 is 27.2 Å². The summed E-state index contributed by atoms with van der Waals surface area (Å²) in [6, 6.07) is 10.7. The number of benzene rings is 2. The summed E-state index contributed by atoms with van der Waals surface area (Å²) in [6.07, 6.45) is 0. The number of hydrogen-bond donors (Lipinski definition) is 2. The van der Waals surface area contributed by atoms with Crippen molar-refractivity contribution in [2.75, 3.05) is 0 Å². The predicted molar refractivity (Wildman–Crippen MR) is 116 cm³/mol. The van der Waals surface area contributed by atoms with Crippen LogP contribution in [0.4, 0.5) is 8.39 Å². The molecular weight excluding hydrogens is 436 g/mol. The van der Waals surface area contributed by atoms with Crippen LogP contribution < -0.4 is 9.05 Å². The minimum atomic E-state index is -3.10. The number of hydrogen-bond acceptors (Lipinski definition) is 5. The van der Waals surface area contributed by atoms with Gasteiger partial charge in [0.1, 0.15) is 11.5 Å². The summed E-state index contributed by atoms with van der Waals surface area (Å²) >= 11 is 1.18. The van der Waals surface area contributed by atoms with Gasteiger partial charge in [-0.2, -0.15) is 0 Å². The van der Waals surface area contributed by atoms with Crippen LogP contribution in [-0.4, -0.2) is 9.79 Å². The Morgan fingerprint density at radius 1 is 0.724 bits per heavy atom. The lowest BCUT2D eigenvalue weighted by Gasteiger charge is -2.22.